The van der Waals surface area contributed by atoms with E-state index in [1.54, 1.807) is 36.5 Å². The fourth-order valence-corrected chi connectivity index (χ4v) is 3.14. The summed E-state index contributed by atoms with van der Waals surface area (Å²) in [6.07, 6.45) is 3.34. The Balaban J connectivity index is 1.56. The van der Waals surface area contributed by atoms with Crippen LogP contribution in [0.1, 0.15) is 30.1 Å². The topological polar surface area (TPSA) is 86.8 Å². The SMILES string of the molecule is CCCCOC(=O)c1cccnc1SCC(=O)Nc1ccc2c(c1)OCO2. The molecule has 0 spiro atoms. The van der Waals surface area contributed by atoms with E-state index in [-0.39, 0.29) is 18.5 Å². The second kappa shape index (κ2) is 9.27. The average molecular weight is 388 g/mol. The number of pyridine rings is 1. The van der Waals surface area contributed by atoms with Gasteiger partial charge in [-0.1, -0.05) is 25.1 Å². The number of amides is 1. The molecular weight excluding hydrogens is 368 g/mol. The molecule has 142 valence electrons. The molecule has 1 aliphatic rings. The van der Waals surface area contributed by atoms with Crippen LogP contribution in [0.4, 0.5) is 5.69 Å². The molecule has 2 aromatic rings. The molecule has 0 saturated heterocycles. The quantitative estimate of drug-likeness (QED) is 0.421. The Morgan fingerprint density at radius 1 is 1.26 bits per heavy atom. The molecule has 3 rings (SSSR count). The van der Waals surface area contributed by atoms with Crippen LogP contribution < -0.4 is 14.8 Å². The molecular formula is C19H20N2O5S. The summed E-state index contributed by atoms with van der Waals surface area (Å²) in [6.45, 7) is 2.58. The summed E-state index contributed by atoms with van der Waals surface area (Å²) in [7, 11) is 0. The van der Waals surface area contributed by atoms with Gasteiger partial charge in [-0.2, -0.15) is 0 Å². The Morgan fingerprint density at radius 2 is 2.11 bits per heavy atom. The summed E-state index contributed by atoms with van der Waals surface area (Å²) in [5, 5.41) is 3.27. The van der Waals surface area contributed by atoms with Gasteiger partial charge >= 0.3 is 5.97 Å². The van der Waals surface area contributed by atoms with E-state index in [1.165, 1.54) is 11.8 Å². The lowest BCUT2D eigenvalue weighted by molar-refractivity contribution is -0.113. The minimum Gasteiger partial charge on any atom is -0.462 e. The zero-order chi connectivity index (χ0) is 19.1. The van der Waals surface area contributed by atoms with E-state index in [9.17, 15) is 9.59 Å². The fraction of sp³-hybridized carbons (Fsp3) is 0.316. The minimum atomic E-state index is -0.421. The summed E-state index contributed by atoms with van der Waals surface area (Å²) in [4.78, 5) is 28.6. The van der Waals surface area contributed by atoms with Crippen LogP contribution in [0.3, 0.4) is 0 Å². The van der Waals surface area contributed by atoms with E-state index in [0.29, 0.717) is 34.4 Å². The standard InChI is InChI=1S/C19H20N2O5S/c1-2-3-9-24-19(23)14-5-4-8-20-18(14)27-11-17(22)21-13-6-7-15-16(10-13)26-12-25-15/h4-8,10H,2-3,9,11-12H2,1H3,(H,21,22). The van der Waals surface area contributed by atoms with E-state index in [0.717, 1.165) is 12.8 Å². The van der Waals surface area contributed by atoms with E-state index >= 15 is 0 Å². The smallest absolute Gasteiger partial charge is 0.340 e. The zero-order valence-electron chi connectivity index (χ0n) is 14.9. The highest BCUT2D eigenvalue weighted by atomic mass is 32.2. The van der Waals surface area contributed by atoms with Crippen LogP contribution in [-0.2, 0) is 9.53 Å². The van der Waals surface area contributed by atoms with Crippen molar-refractivity contribution in [1.82, 2.24) is 4.98 Å². The molecule has 0 bridgehead atoms. The molecule has 8 heteroatoms. The number of hydrogen-bond acceptors (Lipinski definition) is 7. The third kappa shape index (κ3) is 5.13. The average Bonchev–Trinajstić information content (AvgIpc) is 3.14. The maximum Gasteiger partial charge on any atom is 0.340 e. The molecule has 0 radical (unpaired) electrons. The number of hydrogen-bond donors (Lipinski definition) is 1. The number of anilines is 1. The number of carbonyl (C=O) groups is 2. The molecule has 0 atom stereocenters. The molecule has 7 nitrogen and oxygen atoms in total. The number of fused-ring (bicyclic) bond motifs is 1. The summed E-state index contributed by atoms with van der Waals surface area (Å²) >= 11 is 1.19. The van der Waals surface area contributed by atoms with Crippen LogP contribution in [0.25, 0.3) is 0 Å². The fourth-order valence-electron chi connectivity index (χ4n) is 2.35. The number of benzene rings is 1. The van der Waals surface area contributed by atoms with Gasteiger partial charge in [0.15, 0.2) is 11.5 Å². The van der Waals surface area contributed by atoms with Gasteiger partial charge in [-0.25, -0.2) is 9.78 Å². The van der Waals surface area contributed by atoms with Crippen LogP contribution in [0.5, 0.6) is 11.5 Å². The lowest BCUT2D eigenvalue weighted by atomic mass is 10.3. The highest BCUT2D eigenvalue weighted by molar-refractivity contribution is 8.00. The van der Waals surface area contributed by atoms with Crippen LogP contribution in [0.2, 0.25) is 0 Å². The van der Waals surface area contributed by atoms with Gasteiger partial charge in [0.2, 0.25) is 12.7 Å². The highest BCUT2D eigenvalue weighted by Gasteiger charge is 2.17. The van der Waals surface area contributed by atoms with Crippen molar-refractivity contribution in [3.05, 3.63) is 42.1 Å². The largest absolute Gasteiger partial charge is 0.462 e. The number of nitrogens with zero attached hydrogens (tertiary/aromatic N) is 1. The molecule has 27 heavy (non-hydrogen) atoms. The van der Waals surface area contributed by atoms with Crippen molar-refractivity contribution in [3.63, 3.8) is 0 Å². The summed E-state index contributed by atoms with van der Waals surface area (Å²) < 4.78 is 15.8. The molecule has 0 fully saturated rings. The normalized spacial score (nSPS) is 11.9. The predicted molar refractivity (Wildman–Crippen MR) is 101 cm³/mol. The van der Waals surface area contributed by atoms with Crippen molar-refractivity contribution in [3.8, 4) is 11.5 Å². The minimum absolute atomic E-state index is 0.112. The molecule has 2 heterocycles. The third-order valence-electron chi connectivity index (χ3n) is 3.72. The molecule has 0 aliphatic carbocycles. The predicted octanol–water partition coefficient (Wildman–Crippen LogP) is 3.50. The first-order chi connectivity index (χ1) is 13.2. The van der Waals surface area contributed by atoms with Crippen molar-refractivity contribution < 1.29 is 23.8 Å². The first kappa shape index (κ1) is 19.0. The summed E-state index contributed by atoms with van der Waals surface area (Å²) in [5.74, 6) is 0.732. The van der Waals surface area contributed by atoms with Gasteiger partial charge < -0.3 is 19.5 Å². The monoisotopic (exact) mass is 388 g/mol. The maximum atomic E-state index is 12.2. The lowest BCUT2D eigenvalue weighted by Crippen LogP contribution is -2.15. The number of thioether (sulfide) groups is 1. The van der Waals surface area contributed by atoms with Crippen molar-refractivity contribution in [2.45, 2.75) is 24.8 Å². The molecule has 1 N–H and O–H groups in total. The molecule has 0 saturated carbocycles. The molecule has 1 aromatic carbocycles. The van der Waals surface area contributed by atoms with Gasteiger partial charge in [0.05, 0.1) is 17.9 Å². The second-order valence-electron chi connectivity index (χ2n) is 5.75. The Morgan fingerprint density at radius 3 is 2.96 bits per heavy atom. The number of aromatic nitrogens is 1. The van der Waals surface area contributed by atoms with Crippen molar-refractivity contribution in [2.24, 2.45) is 0 Å². The Labute approximate surface area is 161 Å². The van der Waals surface area contributed by atoms with Gasteiger partial charge in [0.1, 0.15) is 5.03 Å². The van der Waals surface area contributed by atoms with Gasteiger partial charge in [0, 0.05) is 18.0 Å². The maximum absolute atomic E-state index is 12.2. The number of rotatable bonds is 8. The van der Waals surface area contributed by atoms with Crippen molar-refractivity contribution in [2.75, 3.05) is 24.5 Å². The van der Waals surface area contributed by atoms with E-state index in [1.807, 2.05) is 6.92 Å². The van der Waals surface area contributed by atoms with Crippen LogP contribution in [0.15, 0.2) is 41.6 Å². The highest BCUT2D eigenvalue weighted by Crippen LogP contribution is 2.34. The van der Waals surface area contributed by atoms with Crippen LogP contribution in [0, 0.1) is 0 Å². The van der Waals surface area contributed by atoms with E-state index < -0.39 is 5.97 Å². The van der Waals surface area contributed by atoms with Crippen molar-refractivity contribution in [1.29, 1.82) is 0 Å². The van der Waals surface area contributed by atoms with E-state index in [2.05, 4.69) is 10.3 Å². The Bertz CT molecular complexity index is 827. The first-order valence-electron chi connectivity index (χ1n) is 8.62. The second-order valence-corrected chi connectivity index (χ2v) is 6.71. The summed E-state index contributed by atoms with van der Waals surface area (Å²) in [5.41, 5.74) is 0.986. The number of esters is 1. The number of ether oxygens (including phenoxy) is 3. The van der Waals surface area contributed by atoms with Gasteiger partial charge in [-0.15, -0.1) is 0 Å². The van der Waals surface area contributed by atoms with Gasteiger partial charge in [-0.05, 0) is 30.7 Å². The third-order valence-corrected chi connectivity index (χ3v) is 4.72. The Kier molecular flexibility index (Phi) is 6.54. The lowest BCUT2D eigenvalue weighted by Gasteiger charge is -2.09. The number of carbonyl (C=O) groups excluding carboxylic acids is 2. The number of nitrogens with one attached hydrogen (secondary N) is 1. The molecule has 1 amide bonds. The summed E-state index contributed by atoms with van der Waals surface area (Å²) in [6, 6.07) is 8.52. The molecule has 1 aromatic heterocycles. The van der Waals surface area contributed by atoms with Crippen LogP contribution in [-0.4, -0.2) is 36.0 Å². The van der Waals surface area contributed by atoms with Gasteiger partial charge in [0.25, 0.3) is 0 Å². The molecule has 1 aliphatic heterocycles. The Hall–Kier alpha value is -2.74. The number of unbranched alkanes of at least 4 members (excludes halogenated alkanes) is 1. The van der Waals surface area contributed by atoms with Gasteiger partial charge in [-0.3, -0.25) is 4.79 Å². The van der Waals surface area contributed by atoms with Crippen LogP contribution >= 0.6 is 11.8 Å². The zero-order valence-corrected chi connectivity index (χ0v) is 15.7. The van der Waals surface area contributed by atoms with E-state index in [4.69, 9.17) is 14.2 Å². The first-order valence-corrected chi connectivity index (χ1v) is 9.60. The molecule has 0 unspecified atom stereocenters. The van der Waals surface area contributed by atoms with Crippen molar-refractivity contribution >= 4 is 29.3 Å².